The molecule has 2 aliphatic rings. The molecule has 2 aromatic rings. The quantitative estimate of drug-likeness (QED) is 0.821. The third kappa shape index (κ3) is 2.90. The lowest BCUT2D eigenvalue weighted by atomic mass is 10.1. The number of amides is 1. The minimum atomic E-state index is -0.0888. The normalized spacial score (nSPS) is 23.1. The lowest BCUT2D eigenvalue weighted by Crippen LogP contribution is -2.32. The second-order valence-corrected chi connectivity index (χ2v) is 6.90. The summed E-state index contributed by atoms with van der Waals surface area (Å²) in [5, 5.41) is 0.641. The summed E-state index contributed by atoms with van der Waals surface area (Å²) in [6, 6.07) is 15.6. The van der Waals surface area contributed by atoms with Gasteiger partial charge in [0.25, 0.3) is 0 Å². The maximum Gasteiger partial charge on any atom is 0.246 e. The van der Waals surface area contributed by atoms with Crippen molar-refractivity contribution < 1.29 is 9.53 Å². The Labute approximate surface area is 152 Å². The average Bonchev–Trinajstić information content (AvgIpc) is 3.18. The van der Waals surface area contributed by atoms with Crippen molar-refractivity contribution in [2.45, 2.75) is 32.0 Å². The highest BCUT2D eigenvalue weighted by molar-refractivity contribution is 6.31. The fraction of sp³-hybridized carbons (Fsp3) is 0.350. The molecule has 2 atom stereocenters. The molecule has 0 radical (unpaired) electrons. The molecule has 25 heavy (non-hydrogen) atoms. The number of fused-ring (bicyclic) bond motifs is 1. The average molecular weight is 357 g/mol. The summed E-state index contributed by atoms with van der Waals surface area (Å²) < 4.78 is 5.55. The van der Waals surface area contributed by atoms with Crippen LogP contribution >= 0.6 is 11.6 Å². The van der Waals surface area contributed by atoms with Crippen LogP contribution in [0.25, 0.3) is 0 Å². The molecule has 0 N–H and O–H groups in total. The third-order valence-corrected chi connectivity index (χ3v) is 5.19. The number of anilines is 1. The molecule has 0 unspecified atom stereocenters. The summed E-state index contributed by atoms with van der Waals surface area (Å²) in [7, 11) is 0. The van der Waals surface area contributed by atoms with E-state index in [0.717, 1.165) is 36.4 Å². The Morgan fingerprint density at radius 2 is 2.00 bits per heavy atom. The zero-order chi connectivity index (χ0) is 17.4. The Bertz CT molecular complexity index is 778. The monoisotopic (exact) mass is 356 g/mol. The molecule has 2 heterocycles. The number of nitrogens with zero attached hydrogens (tertiary/aromatic N) is 2. The molecule has 2 saturated heterocycles. The largest absolute Gasteiger partial charge is 0.494 e. The van der Waals surface area contributed by atoms with Gasteiger partial charge in [0, 0.05) is 17.3 Å². The maximum absolute atomic E-state index is 13.1. The first kappa shape index (κ1) is 16.4. The van der Waals surface area contributed by atoms with Crippen molar-refractivity contribution in [1.29, 1.82) is 0 Å². The summed E-state index contributed by atoms with van der Waals surface area (Å²) in [6.07, 6.45) is 1.89. The summed E-state index contributed by atoms with van der Waals surface area (Å²) in [6.45, 7) is 3.55. The Morgan fingerprint density at radius 1 is 1.20 bits per heavy atom. The van der Waals surface area contributed by atoms with E-state index >= 15 is 0 Å². The highest BCUT2D eigenvalue weighted by Crippen LogP contribution is 2.43. The lowest BCUT2D eigenvalue weighted by Gasteiger charge is -2.30. The van der Waals surface area contributed by atoms with Crippen LogP contribution < -0.4 is 9.64 Å². The molecule has 0 saturated carbocycles. The maximum atomic E-state index is 13.1. The number of benzene rings is 2. The molecular weight excluding hydrogens is 336 g/mol. The van der Waals surface area contributed by atoms with E-state index in [-0.39, 0.29) is 18.1 Å². The predicted octanol–water partition coefficient (Wildman–Crippen LogP) is 4.25. The molecule has 4 rings (SSSR count). The topological polar surface area (TPSA) is 32.8 Å². The first-order valence-electron chi connectivity index (χ1n) is 8.76. The van der Waals surface area contributed by atoms with Crippen LogP contribution in [0, 0.1) is 0 Å². The van der Waals surface area contributed by atoms with Gasteiger partial charge in [0.2, 0.25) is 5.91 Å². The van der Waals surface area contributed by atoms with Gasteiger partial charge in [0.15, 0.2) is 0 Å². The second kappa shape index (κ2) is 6.70. The molecule has 2 fully saturated rings. The van der Waals surface area contributed by atoms with E-state index in [9.17, 15) is 4.79 Å². The molecule has 2 aliphatic heterocycles. The van der Waals surface area contributed by atoms with Crippen LogP contribution in [0.4, 0.5) is 5.69 Å². The first-order chi connectivity index (χ1) is 12.2. The molecule has 1 amide bonds. The van der Waals surface area contributed by atoms with Crippen LogP contribution in [0.3, 0.4) is 0 Å². The fourth-order valence-corrected chi connectivity index (χ4v) is 4.10. The fourth-order valence-electron chi connectivity index (χ4n) is 3.91. The number of halogens is 1. The molecule has 0 spiro atoms. The van der Waals surface area contributed by atoms with Gasteiger partial charge < -0.3 is 4.74 Å². The van der Waals surface area contributed by atoms with Crippen LogP contribution in [0.2, 0.25) is 5.02 Å². The van der Waals surface area contributed by atoms with E-state index in [1.54, 1.807) is 0 Å². The van der Waals surface area contributed by atoms with Crippen molar-refractivity contribution in [3.05, 3.63) is 59.1 Å². The van der Waals surface area contributed by atoms with E-state index in [1.165, 1.54) is 0 Å². The van der Waals surface area contributed by atoms with Crippen molar-refractivity contribution in [2.24, 2.45) is 0 Å². The van der Waals surface area contributed by atoms with Gasteiger partial charge >= 0.3 is 0 Å². The second-order valence-electron chi connectivity index (χ2n) is 6.46. The number of ether oxygens (including phenoxy) is 1. The molecule has 0 aromatic heterocycles. The van der Waals surface area contributed by atoms with Gasteiger partial charge in [-0.05, 0) is 55.7 Å². The van der Waals surface area contributed by atoms with Crippen molar-refractivity contribution in [1.82, 2.24) is 4.90 Å². The molecule has 130 valence electrons. The van der Waals surface area contributed by atoms with Crippen LogP contribution in [-0.4, -0.2) is 30.0 Å². The van der Waals surface area contributed by atoms with Crippen LogP contribution in [0.15, 0.2) is 48.5 Å². The number of rotatable bonds is 4. The zero-order valence-electron chi connectivity index (χ0n) is 14.2. The smallest absolute Gasteiger partial charge is 0.246 e. The number of hydrogen-bond donors (Lipinski definition) is 0. The van der Waals surface area contributed by atoms with Gasteiger partial charge in [-0.25, -0.2) is 0 Å². The van der Waals surface area contributed by atoms with E-state index in [2.05, 4.69) is 17.0 Å². The van der Waals surface area contributed by atoms with E-state index < -0.39 is 0 Å². The summed E-state index contributed by atoms with van der Waals surface area (Å²) in [5.74, 6) is 1.02. The summed E-state index contributed by atoms with van der Waals surface area (Å²) in [5.41, 5.74) is 1.95. The molecule has 0 aliphatic carbocycles. The van der Waals surface area contributed by atoms with Crippen LogP contribution in [0.1, 0.15) is 31.5 Å². The first-order valence-corrected chi connectivity index (χ1v) is 9.14. The van der Waals surface area contributed by atoms with E-state index in [4.69, 9.17) is 16.3 Å². The van der Waals surface area contributed by atoms with Crippen molar-refractivity contribution in [2.75, 3.05) is 18.1 Å². The molecular formula is C20H21ClN2O2. The van der Waals surface area contributed by atoms with E-state index in [0.29, 0.717) is 11.6 Å². The van der Waals surface area contributed by atoms with Gasteiger partial charge in [0.05, 0.1) is 12.6 Å². The van der Waals surface area contributed by atoms with Crippen LogP contribution in [-0.2, 0) is 4.79 Å². The highest BCUT2D eigenvalue weighted by Gasteiger charge is 2.49. The molecule has 2 aromatic carbocycles. The standard InChI is InChI=1S/C20H21ClN2O2/c1-2-25-17-10-8-14(9-11-17)19-22-12-4-7-18(22)20(24)23(19)16-6-3-5-15(21)13-16/h3,5-6,8-11,13,18-19H,2,4,7,12H2,1H3/t18-,19+/m0/s1. The highest BCUT2D eigenvalue weighted by atomic mass is 35.5. The van der Waals surface area contributed by atoms with E-state index in [1.807, 2.05) is 48.2 Å². The summed E-state index contributed by atoms with van der Waals surface area (Å²) in [4.78, 5) is 17.3. The minimum absolute atomic E-state index is 0.0319. The molecule has 0 bridgehead atoms. The predicted molar refractivity (Wildman–Crippen MR) is 99.0 cm³/mol. The summed E-state index contributed by atoms with van der Waals surface area (Å²) >= 11 is 6.17. The zero-order valence-corrected chi connectivity index (χ0v) is 14.9. The van der Waals surface area contributed by atoms with Crippen LogP contribution in [0.5, 0.6) is 5.75 Å². The van der Waals surface area contributed by atoms with Gasteiger partial charge in [-0.2, -0.15) is 0 Å². The van der Waals surface area contributed by atoms with Gasteiger partial charge in [0.1, 0.15) is 11.9 Å². The Hall–Kier alpha value is -2.04. The van der Waals surface area contributed by atoms with Crippen molar-refractivity contribution in [3.8, 4) is 5.75 Å². The minimum Gasteiger partial charge on any atom is -0.494 e. The Morgan fingerprint density at radius 3 is 2.72 bits per heavy atom. The Balaban J connectivity index is 1.74. The van der Waals surface area contributed by atoms with Gasteiger partial charge in [-0.15, -0.1) is 0 Å². The molecule has 4 nitrogen and oxygen atoms in total. The van der Waals surface area contributed by atoms with Gasteiger partial charge in [-0.1, -0.05) is 29.8 Å². The third-order valence-electron chi connectivity index (χ3n) is 4.95. The Kier molecular flexibility index (Phi) is 4.40. The van der Waals surface area contributed by atoms with Crippen molar-refractivity contribution >= 4 is 23.2 Å². The number of hydrogen-bond acceptors (Lipinski definition) is 3. The van der Waals surface area contributed by atoms with Crippen molar-refractivity contribution in [3.63, 3.8) is 0 Å². The molecule has 5 heteroatoms. The SMILES string of the molecule is CCOc1ccc([C@H]2N(c3cccc(Cl)c3)C(=O)[C@@H]3CCCN32)cc1. The number of carbonyl (C=O) groups excluding carboxylic acids is 1. The number of carbonyl (C=O) groups is 1. The van der Waals surface area contributed by atoms with Gasteiger partial charge in [-0.3, -0.25) is 14.6 Å². The lowest BCUT2D eigenvalue weighted by molar-refractivity contribution is -0.119.